The number of benzene rings is 3. The van der Waals surface area contributed by atoms with E-state index in [1.54, 1.807) is 18.4 Å². The number of hydrogen-bond donors (Lipinski definition) is 0. The molecule has 0 amide bonds. The summed E-state index contributed by atoms with van der Waals surface area (Å²) >= 11 is 1.62. The third-order valence-electron chi connectivity index (χ3n) is 6.74. The highest BCUT2D eigenvalue weighted by molar-refractivity contribution is 7.23. The van der Waals surface area contributed by atoms with Crippen LogP contribution in [0.4, 0.5) is 5.00 Å². The maximum absolute atomic E-state index is 13.9. The zero-order valence-electron chi connectivity index (χ0n) is 20.7. The first-order valence-corrected chi connectivity index (χ1v) is 13.1. The summed E-state index contributed by atoms with van der Waals surface area (Å²) in [5.74, 6) is 1.65. The van der Waals surface area contributed by atoms with Crippen molar-refractivity contribution in [3.05, 3.63) is 65.7 Å². The summed E-state index contributed by atoms with van der Waals surface area (Å²) in [6.45, 7) is 3.95. The molecule has 1 aliphatic heterocycles. The SMILES string of the molecule is COc1cc2sc(N(C)C)c(C(=O)c3ccc(OCCN4CCCCC4)cc3)c2c2ccccc12. The van der Waals surface area contributed by atoms with Crippen LogP contribution in [0, 0.1) is 0 Å². The molecule has 0 spiro atoms. The quantitative estimate of drug-likeness (QED) is 0.275. The minimum atomic E-state index is 0.0233. The van der Waals surface area contributed by atoms with E-state index in [0.717, 1.165) is 49.5 Å². The molecule has 0 saturated carbocycles. The summed E-state index contributed by atoms with van der Waals surface area (Å²) < 4.78 is 12.7. The van der Waals surface area contributed by atoms with Gasteiger partial charge in [-0.1, -0.05) is 30.7 Å². The van der Waals surface area contributed by atoms with E-state index in [1.807, 2.05) is 67.5 Å². The smallest absolute Gasteiger partial charge is 0.196 e. The number of likely N-dealkylation sites (tertiary alicyclic amines) is 1. The molecule has 3 aromatic carbocycles. The van der Waals surface area contributed by atoms with Crippen molar-refractivity contribution in [2.24, 2.45) is 0 Å². The fraction of sp³-hybridized carbons (Fsp3) is 0.345. The molecule has 0 radical (unpaired) electrons. The van der Waals surface area contributed by atoms with Crippen molar-refractivity contribution in [2.75, 3.05) is 52.3 Å². The highest BCUT2D eigenvalue weighted by Crippen LogP contribution is 2.45. The summed E-state index contributed by atoms with van der Waals surface area (Å²) in [6, 6.07) is 17.8. The van der Waals surface area contributed by atoms with Crippen LogP contribution in [-0.4, -0.2) is 58.1 Å². The van der Waals surface area contributed by atoms with Gasteiger partial charge in [0.1, 0.15) is 23.1 Å². The van der Waals surface area contributed by atoms with E-state index >= 15 is 0 Å². The molecule has 5 rings (SSSR count). The lowest BCUT2D eigenvalue weighted by atomic mass is 9.97. The monoisotopic (exact) mass is 488 g/mol. The summed E-state index contributed by atoms with van der Waals surface area (Å²) in [7, 11) is 5.66. The third-order valence-corrected chi connectivity index (χ3v) is 8.04. The lowest BCUT2D eigenvalue weighted by molar-refractivity contribution is 0.104. The maximum atomic E-state index is 13.9. The Morgan fingerprint density at radius 2 is 1.71 bits per heavy atom. The van der Waals surface area contributed by atoms with Gasteiger partial charge in [-0.25, -0.2) is 0 Å². The van der Waals surface area contributed by atoms with Crippen LogP contribution in [0.1, 0.15) is 35.2 Å². The summed E-state index contributed by atoms with van der Waals surface area (Å²) in [6.07, 6.45) is 3.90. The Labute approximate surface area is 210 Å². The van der Waals surface area contributed by atoms with Crippen LogP contribution < -0.4 is 14.4 Å². The average molecular weight is 489 g/mol. The van der Waals surface area contributed by atoms with Crippen molar-refractivity contribution in [1.29, 1.82) is 0 Å². The van der Waals surface area contributed by atoms with Crippen LogP contribution in [0.15, 0.2) is 54.6 Å². The zero-order valence-corrected chi connectivity index (χ0v) is 21.5. The molecule has 1 fully saturated rings. The molecule has 182 valence electrons. The third kappa shape index (κ3) is 4.73. The van der Waals surface area contributed by atoms with Crippen LogP contribution in [0.2, 0.25) is 0 Å². The van der Waals surface area contributed by atoms with Gasteiger partial charge in [0.25, 0.3) is 0 Å². The minimum absolute atomic E-state index is 0.0233. The lowest BCUT2D eigenvalue weighted by Gasteiger charge is -2.26. The molecule has 0 unspecified atom stereocenters. The number of methoxy groups -OCH3 is 1. The van der Waals surface area contributed by atoms with Gasteiger partial charge in [0.05, 0.1) is 12.7 Å². The lowest BCUT2D eigenvalue weighted by Crippen LogP contribution is -2.33. The van der Waals surface area contributed by atoms with E-state index < -0.39 is 0 Å². The number of ketones is 1. The second-order valence-electron chi connectivity index (χ2n) is 9.28. The number of fused-ring (bicyclic) bond motifs is 3. The van der Waals surface area contributed by atoms with Gasteiger partial charge < -0.3 is 14.4 Å². The first-order chi connectivity index (χ1) is 17.1. The predicted molar refractivity (Wildman–Crippen MR) is 146 cm³/mol. The molecule has 1 aliphatic rings. The average Bonchev–Trinajstić information content (AvgIpc) is 3.29. The summed E-state index contributed by atoms with van der Waals surface area (Å²) in [4.78, 5) is 18.4. The largest absolute Gasteiger partial charge is 0.496 e. The Morgan fingerprint density at radius 3 is 2.40 bits per heavy atom. The number of nitrogens with zero attached hydrogens (tertiary/aromatic N) is 2. The number of rotatable bonds is 8. The van der Waals surface area contributed by atoms with Gasteiger partial charge in [0.2, 0.25) is 0 Å². The van der Waals surface area contributed by atoms with Crippen molar-refractivity contribution < 1.29 is 14.3 Å². The Bertz CT molecular complexity index is 1340. The molecule has 2 heterocycles. The van der Waals surface area contributed by atoms with Crippen molar-refractivity contribution in [3.8, 4) is 11.5 Å². The van der Waals surface area contributed by atoms with Crippen molar-refractivity contribution >= 4 is 43.0 Å². The maximum Gasteiger partial charge on any atom is 0.196 e. The standard InChI is InChI=1S/C29H32N2O3S/c1-30(2)29-27(26-23-10-6-5-9-22(23)24(33-3)19-25(26)35-29)28(32)20-11-13-21(14-12-20)34-18-17-31-15-7-4-8-16-31/h5-6,9-14,19H,4,7-8,15-18H2,1-3H3. The van der Waals surface area contributed by atoms with E-state index in [-0.39, 0.29) is 5.78 Å². The Kier molecular flexibility index (Phi) is 6.93. The molecule has 5 nitrogen and oxygen atoms in total. The van der Waals surface area contributed by atoms with Gasteiger partial charge in [-0.05, 0) is 61.6 Å². The highest BCUT2D eigenvalue weighted by atomic mass is 32.1. The molecule has 1 saturated heterocycles. The number of anilines is 1. The molecule has 0 aliphatic carbocycles. The van der Waals surface area contributed by atoms with Crippen LogP contribution in [-0.2, 0) is 0 Å². The number of carbonyl (C=O) groups is 1. The number of ether oxygens (including phenoxy) is 2. The second-order valence-corrected chi connectivity index (χ2v) is 10.3. The van der Waals surface area contributed by atoms with Gasteiger partial charge in [-0.15, -0.1) is 11.3 Å². The fourth-order valence-electron chi connectivity index (χ4n) is 4.94. The van der Waals surface area contributed by atoms with E-state index in [0.29, 0.717) is 12.2 Å². The van der Waals surface area contributed by atoms with E-state index in [4.69, 9.17) is 9.47 Å². The summed E-state index contributed by atoms with van der Waals surface area (Å²) in [5, 5.41) is 3.98. The van der Waals surface area contributed by atoms with Crippen molar-refractivity contribution in [2.45, 2.75) is 19.3 Å². The molecule has 4 aromatic rings. The molecule has 1 aromatic heterocycles. The Morgan fingerprint density at radius 1 is 1.00 bits per heavy atom. The number of carbonyl (C=O) groups excluding carboxylic acids is 1. The number of thiophene rings is 1. The number of hydrogen-bond acceptors (Lipinski definition) is 6. The van der Waals surface area contributed by atoms with E-state index in [2.05, 4.69) is 11.0 Å². The first kappa shape index (κ1) is 23.6. The van der Waals surface area contributed by atoms with Crippen molar-refractivity contribution in [1.82, 2.24) is 4.90 Å². The molecule has 0 N–H and O–H groups in total. The topological polar surface area (TPSA) is 42.0 Å². The Balaban J connectivity index is 1.45. The zero-order chi connectivity index (χ0) is 24.4. The molecule has 6 heteroatoms. The molecule has 35 heavy (non-hydrogen) atoms. The van der Waals surface area contributed by atoms with Crippen LogP contribution in [0.25, 0.3) is 20.9 Å². The van der Waals surface area contributed by atoms with Crippen LogP contribution >= 0.6 is 11.3 Å². The van der Waals surface area contributed by atoms with E-state index in [1.165, 1.54) is 32.4 Å². The Hall–Kier alpha value is -3.09. The molecule has 0 bridgehead atoms. The van der Waals surface area contributed by atoms with Gasteiger partial charge in [-0.3, -0.25) is 9.69 Å². The minimum Gasteiger partial charge on any atom is -0.496 e. The second kappa shape index (κ2) is 10.3. The van der Waals surface area contributed by atoms with Gasteiger partial charge in [0.15, 0.2) is 5.78 Å². The molecular weight excluding hydrogens is 456 g/mol. The fourth-order valence-corrected chi connectivity index (χ4v) is 6.10. The highest BCUT2D eigenvalue weighted by Gasteiger charge is 2.24. The van der Waals surface area contributed by atoms with Gasteiger partial charge >= 0.3 is 0 Å². The van der Waals surface area contributed by atoms with Crippen LogP contribution in [0.5, 0.6) is 11.5 Å². The first-order valence-electron chi connectivity index (χ1n) is 12.3. The van der Waals surface area contributed by atoms with Gasteiger partial charge in [0, 0.05) is 41.7 Å². The van der Waals surface area contributed by atoms with Gasteiger partial charge in [-0.2, -0.15) is 0 Å². The predicted octanol–water partition coefficient (Wildman–Crippen LogP) is 6.22. The summed E-state index contributed by atoms with van der Waals surface area (Å²) in [5.41, 5.74) is 1.41. The van der Waals surface area contributed by atoms with Crippen molar-refractivity contribution in [3.63, 3.8) is 0 Å². The normalized spacial score (nSPS) is 14.4. The van der Waals surface area contributed by atoms with Crippen LogP contribution in [0.3, 0.4) is 0 Å². The molecular formula is C29H32N2O3S. The van der Waals surface area contributed by atoms with E-state index in [9.17, 15) is 4.79 Å². The molecule has 0 atom stereocenters. The number of piperidine rings is 1.